The second-order valence-corrected chi connectivity index (χ2v) is 4.52. The Morgan fingerprint density at radius 1 is 1.44 bits per heavy atom. The average Bonchev–Trinajstić information content (AvgIpc) is 2.69. The summed E-state index contributed by atoms with van der Waals surface area (Å²) < 4.78 is 0. The first kappa shape index (κ1) is 12.4. The molecule has 0 aromatic heterocycles. The third kappa shape index (κ3) is 2.80. The molecule has 1 unspecified atom stereocenters. The summed E-state index contributed by atoms with van der Waals surface area (Å²) in [5.74, 6) is -0.835. The second-order valence-electron chi connectivity index (χ2n) is 4.52. The zero-order valence-corrected chi connectivity index (χ0v) is 10.2. The van der Waals surface area contributed by atoms with Crippen molar-refractivity contribution in [3.63, 3.8) is 0 Å². The highest BCUT2D eigenvalue weighted by molar-refractivity contribution is 5.94. The molecule has 1 aromatic carbocycles. The molecule has 96 valence electrons. The number of hydrogen-bond acceptors (Lipinski definition) is 2. The van der Waals surface area contributed by atoms with Crippen molar-refractivity contribution in [3.05, 3.63) is 29.8 Å². The summed E-state index contributed by atoms with van der Waals surface area (Å²) in [4.78, 5) is 23.9. The monoisotopic (exact) mass is 248 g/mol. The lowest BCUT2D eigenvalue weighted by molar-refractivity contribution is -0.137. The molecule has 5 heteroatoms. The Balaban J connectivity index is 2.00. The number of urea groups is 1. The average molecular weight is 248 g/mol. The van der Waals surface area contributed by atoms with Crippen molar-refractivity contribution in [3.8, 4) is 0 Å². The van der Waals surface area contributed by atoms with Crippen LogP contribution in [0.5, 0.6) is 0 Å². The Kier molecular flexibility index (Phi) is 3.50. The molecule has 0 bridgehead atoms. The van der Waals surface area contributed by atoms with Crippen LogP contribution in [-0.2, 0) is 4.79 Å². The van der Waals surface area contributed by atoms with Gasteiger partial charge in [0.05, 0.1) is 0 Å². The number of carboxylic acids is 1. The van der Waals surface area contributed by atoms with Crippen LogP contribution >= 0.6 is 0 Å². The zero-order chi connectivity index (χ0) is 13.1. The number of hydrogen-bond donors (Lipinski definition) is 2. The fraction of sp³-hybridized carbons (Fsp3) is 0.385. The molecule has 0 spiro atoms. The number of carboxylic acid groups (broad SMARTS) is 1. The van der Waals surface area contributed by atoms with Crippen LogP contribution in [0, 0.1) is 6.92 Å². The number of aliphatic carboxylic acids is 1. The minimum Gasteiger partial charge on any atom is -0.481 e. The predicted molar refractivity (Wildman–Crippen MR) is 67.7 cm³/mol. The van der Waals surface area contributed by atoms with Crippen molar-refractivity contribution < 1.29 is 14.7 Å². The number of nitrogens with zero attached hydrogens (tertiary/aromatic N) is 1. The molecule has 2 N–H and O–H groups in total. The van der Waals surface area contributed by atoms with E-state index in [4.69, 9.17) is 5.11 Å². The number of benzene rings is 1. The van der Waals surface area contributed by atoms with Gasteiger partial charge in [0.2, 0.25) is 0 Å². The van der Waals surface area contributed by atoms with Crippen LogP contribution < -0.4 is 10.2 Å². The fourth-order valence-corrected chi connectivity index (χ4v) is 2.01. The fourth-order valence-electron chi connectivity index (χ4n) is 2.01. The summed E-state index contributed by atoms with van der Waals surface area (Å²) >= 11 is 0. The second kappa shape index (κ2) is 5.08. The quantitative estimate of drug-likeness (QED) is 0.853. The molecule has 1 saturated heterocycles. The molecule has 1 aliphatic rings. The van der Waals surface area contributed by atoms with E-state index in [-0.39, 0.29) is 18.5 Å². The Labute approximate surface area is 105 Å². The van der Waals surface area contributed by atoms with Crippen LogP contribution in [0.15, 0.2) is 24.3 Å². The maximum Gasteiger partial charge on any atom is 0.322 e. The van der Waals surface area contributed by atoms with Gasteiger partial charge in [0.15, 0.2) is 0 Å². The summed E-state index contributed by atoms with van der Waals surface area (Å²) in [6.45, 7) is 2.51. The van der Waals surface area contributed by atoms with Crippen molar-refractivity contribution in [2.24, 2.45) is 0 Å². The van der Waals surface area contributed by atoms with Crippen LogP contribution in [0.25, 0.3) is 0 Å². The largest absolute Gasteiger partial charge is 0.481 e. The normalized spacial score (nSPS) is 18.8. The van der Waals surface area contributed by atoms with Crippen LogP contribution in [-0.4, -0.2) is 29.7 Å². The lowest BCUT2D eigenvalue weighted by Gasteiger charge is -2.14. The Bertz CT molecular complexity index is 456. The maximum absolute atomic E-state index is 11.8. The Hall–Kier alpha value is -2.04. The van der Waals surface area contributed by atoms with E-state index in [9.17, 15) is 9.59 Å². The highest BCUT2D eigenvalue weighted by atomic mass is 16.4. The molecule has 5 nitrogen and oxygen atoms in total. The summed E-state index contributed by atoms with van der Waals surface area (Å²) in [5, 5.41) is 11.4. The molecule has 1 heterocycles. The molecular weight excluding hydrogens is 232 g/mol. The van der Waals surface area contributed by atoms with Gasteiger partial charge >= 0.3 is 12.0 Å². The third-order valence-corrected chi connectivity index (χ3v) is 3.03. The van der Waals surface area contributed by atoms with Crippen LogP contribution in [0.2, 0.25) is 0 Å². The van der Waals surface area contributed by atoms with Gasteiger partial charge in [0.25, 0.3) is 0 Å². The van der Waals surface area contributed by atoms with Crippen molar-refractivity contribution >= 4 is 17.7 Å². The smallest absolute Gasteiger partial charge is 0.322 e. The molecule has 1 aromatic rings. The van der Waals surface area contributed by atoms with Crippen LogP contribution in [0.3, 0.4) is 0 Å². The number of rotatable bonds is 4. The Morgan fingerprint density at radius 3 is 2.72 bits per heavy atom. The van der Waals surface area contributed by atoms with Crippen molar-refractivity contribution in [2.45, 2.75) is 25.8 Å². The van der Waals surface area contributed by atoms with E-state index >= 15 is 0 Å². The first-order valence-corrected chi connectivity index (χ1v) is 5.93. The molecule has 0 saturated carbocycles. The number of carbonyl (C=O) groups excluding carboxylic acids is 1. The van der Waals surface area contributed by atoms with Gasteiger partial charge in [0, 0.05) is 24.7 Å². The van der Waals surface area contributed by atoms with E-state index in [1.807, 2.05) is 31.2 Å². The molecule has 1 fully saturated rings. The first-order chi connectivity index (χ1) is 8.56. The van der Waals surface area contributed by atoms with E-state index in [0.29, 0.717) is 13.0 Å². The Morgan fingerprint density at radius 2 is 2.11 bits per heavy atom. The van der Waals surface area contributed by atoms with Gasteiger partial charge in [-0.1, -0.05) is 17.7 Å². The highest BCUT2D eigenvalue weighted by Crippen LogP contribution is 2.20. The standard InChI is InChI=1S/C13H16N2O3/c1-9-2-5-11(6-3-9)15-8-10(14-13(15)18)4-7-12(16)17/h2-3,5-6,10H,4,7-8H2,1H3,(H,14,18)(H,16,17). The number of nitrogens with one attached hydrogen (secondary N) is 1. The predicted octanol–water partition coefficient (Wildman–Crippen LogP) is 1.76. The summed E-state index contributed by atoms with van der Waals surface area (Å²) in [6.07, 6.45) is 0.538. The summed E-state index contributed by atoms with van der Waals surface area (Å²) in [5.41, 5.74) is 1.98. The third-order valence-electron chi connectivity index (χ3n) is 3.03. The lowest BCUT2D eigenvalue weighted by atomic mass is 10.1. The molecule has 18 heavy (non-hydrogen) atoms. The van der Waals surface area contributed by atoms with Gasteiger partial charge in [-0.2, -0.15) is 0 Å². The van der Waals surface area contributed by atoms with Crippen LogP contribution in [0.1, 0.15) is 18.4 Å². The van der Waals surface area contributed by atoms with E-state index in [1.54, 1.807) is 4.90 Å². The van der Waals surface area contributed by atoms with E-state index in [1.165, 1.54) is 0 Å². The molecule has 1 atom stereocenters. The number of amides is 2. The van der Waals surface area contributed by atoms with Crippen molar-refractivity contribution in [1.29, 1.82) is 0 Å². The van der Waals surface area contributed by atoms with Crippen molar-refractivity contribution in [2.75, 3.05) is 11.4 Å². The van der Waals surface area contributed by atoms with Gasteiger partial charge in [-0.3, -0.25) is 9.69 Å². The highest BCUT2D eigenvalue weighted by Gasteiger charge is 2.29. The lowest BCUT2D eigenvalue weighted by Crippen LogP contribution is -2.28. The molecule has 2 amide bonds. The van der Waals surface area contributed by atoms with Gasteiger partial charge in [-0.15, -0.1) is 0 Å². The summed E-state index contributed by atoms with van der Waals surface area (Å²) in [6, 6.07) is 7.45. The van der Waals surface area contributed by atoms with Gasteiger partial charge in [-0.25, -0.2) is 4.79 Å². The number of aryl methyl sites for hydroxylation is 1. The minimum atomic E-state index is -0.835. The van der Waals surface area contributed by atoms with Crippen molar-refractivity contribution in [1.82, 2.24) is 5.32 Å². The number of anilines is 1. The van der Waals surface area contributed by atoms with E-state index < -0.39 is 5.97 Å². The first-order valence-electron chi connectivity index (χ1n) is 5.93. The molecular formula is C13H16N2O3. The van der Waals surface area contributed by atoms with Gasteiger partial charge < -0.3 is 10.4 Å². The molecule has 0 aliphatic carbocycles. The molecule has 1 aliphatic heterocycles. The van der Waals surface area contributed by atoms with E-state index in [2.05, 4.69) is 5.32 Å². The molecule has 2 rings (SSSR count). The van der Waals surface area contributed by atoms with Crippen LogP contribution in [0.4, 0.5) is 10.5 Å². The van der Waals surface area contributed by atoms with Gasteiger partial charge in [0.1, 0.15) is 0 Å². The zero-order valence-electron chi connectivity index (χ0n) is 10.2. The SMILES string of the molecule is Cc1ccc(N2CC(CCC(=O)O)NC2=O)cc1. The minimum absolute atomic E-state index is 0.0761. The van der Waals surface area contributed by atoms with Gasteiger partial charge in [-0.05, 0) is 25.5 Å². The maximum atomic E-state index is 11.8. The summed E-state index contributed by atoms with van der Waals surface area (Å²) in [7, 11) is 0. The number of carbonyl (C=O) groups is 2. The molecule has 0 radical (unpaired) electrons. The topological polar surface area (TPSA) is 69.6 Å². The van der Waals surface area contributed by atoms with E-state index in [0.717, 1.165) is 11.3 Å².